The summed E-state index contributed by atoms with van der Waals surface area (Å²) in [7, 11) is 0. The number of rotatable bonds is 5. The Balaban J connectivity index is 1.92. The van der Waals surface area contributed by atoms with Crippen molar-refractivity contribution in [2.45, 2.75) is 32.6 Å². The van der Waals surface area contributed by atoms with E-state index in [0.29, 0.717) is 5.69 Å². The van der Waals surface area contributed by atoms with Crippen LogP contribution < -0.4 is 5.32 Å². The zero-order chi connectivity index (χ0) is 12.1. The second-order valence-corrected chi connectivity index (χ2v) is 5.58. The van der Waals surface area contributed by atoms with Gasteiger partial charge in [0, 0.05) is 23.6 Å². The third-order valence-corrected chi connectivity index (χ3v) is 3.91. The zero-order valence-corrected chi connectivity index (χ0v) is 11.0. The lowest BCUT2D eigenvalue weighted by molar-refractivity contribution is 0.0950. The van der Waals surface area contributed by atoms with Gasteiger partial charge in [-0.3, -0.25) is 9.89 Å². The minimum Gasteiger partial charge on any atom is -0.350 e. The van der Waals surface area contributed by atoms with Gasteiger partial charge in [0.05, 0.1) is 0 Å². The minimum atomic E-state index is -0.0268. The van der Waals surface area contributed by atoms with Crippen LogP contribution >= 0.6 is 11.8 Å². The van der Waals surface area contributed by atoms with Gasteiger partial charge >= 0.3 is 0 Å². The molecule has 0 unspecified atom stereocenters. The van der Waals surface area contributed by atoms with E-state index in [9.17, 15) is 4.79 Å². The highest BCUT2D eigenvalue weighted by Gasteiger charge is 2.21. The SMILES string of the molecule is CCSCCNC(=O)c1n[nH]c2c1CCCC2. The first-order valence-electron chi connectivity index (χ1n) is 6.25. The number of H-pyrrole nitrogens is 1. The van der Waals surface area contributed by atoms with Gasteiger partial charge in [-0.25, -0.2) is 0 Å². The molecule has 1 aromatic heterocycles. The van der Waals surface area contributed by atoms with Crippen LogP contribution in [0.15, 0.2) is 0 Å². The van der Waals surface area contributed by atoms with Gasteiger partial charge in [0.2, 0.25) is 0 Å². The van der Waals surface area contributed by atoms with E-state index in [0.717, 1.165) is 42.1 Å². The lowest BCUT2D eigenvalue weighted by Gasteiger charge is -2.11. The molecule has 1 aliphatic carbocycles. The lowest BCUT2D eigenvalue weighted by atomic mass is 9.96. The average molecular weight is 253 g/mol. The molecule has 0 atom stereocenters. The van der Waals surface area contributed by atoms with Gasteiger partial charge in [-0.1, -0.05) is 6.92 Å². The molecule has 0 aliphatic heterocycles. The molecule has 0 saturated heterocycles. The van der Waals surface area contributed by atoms with Crippen LogP contribution in [0.2, 0.25) is 0 Å². The number of carbonyl (C=O) groups excluding carboxylic acids is 1. The number of aromatic amines is 1. The van der Waals surface area contributed by atoms with Gasteiger partial charge in [-0.15, -0.1) is 0 Å². The molecule has 5 heteroatoms. The van der Waals surface area contributed by atoms with Crippen molar-refractivity contribution >= 4 is 17.7 Å². The quantitative estimate of drug-likeness (QED) is 0.786. The molecule has 1 heterocycles. The first kappa shape index (κ1) is 12.5. The Labute approximate surface area is 106 Å². The molecule has 0 radical (unpaired) electrons. The molecule has 94 valence electrons. The van der Waals surface area contributed by atoms with Gasteiger partial charge in [-0.2, -0.15) is 16.9 Å². The number of aryl methyl sites for hydroxylation is 1. The summed E-state index contributed by atoms with van der Waals surface area (Å²) in [6, 6.07) is 0. The second kappa shape index (κ2) is 6.10. The maximum absolute atomic E-state index is 11.9. The van der Waals surface area contributed by atoms with Crippen molar-refractivity contribution in [1.82, 2.24) is 15.5 Å². The molecular weight excluding hydrogens is 234 g/mol. The average Bonchev–Trinajstić information content (AvgIpc) is 2.78. The first-order chi connectivity index (χ1) is 8.33. The fourth-order valence-electron chi connectivity index (χ4n) is 2.13. The molecule has 0 aromatic carbocycles. The summed E-state index contributed by atoms with van der Waals surface area (Å²) in [5.41, 5.74) is 2.91. The highest BCUT2D eigenvalue weighted by atomic mass is 32.2. The molecule has 0 bridgehead atoms. The van der Waals surface area contributed by atoms with Crippen LogP contribution in [0, 0.1) is 0 Å². The van der Waals surface area contributed by atoms with Gasteiger partial charge < -0.3 is 5.32 Å². The fourth-order valence-corrected chi connectivity index (χ4v) is 2.67. The van der Waals surface area contributed by atoms with E-state index in [1.807, 2.05) is 11.8 Å². The Kier molecular flexibility index (Phi) is 4.48. The smallest absolute Gasteiger partial charge is 0.272 e. The third-order valence-electron chi connectivity index (χ3n) is 3.01. The summed E-state index contributed by atoms with van der Waals surface area (Å²) in [6.45, 7) is 2.84. The summed E-state index contributed by atoms with van der Waals surface area (Å²) >= 11 is 1.83. The van der Waals surface area contributed by atoms with E-state index in [4.69, 9.17) is 0 Å². The number of hydrogen-bond donors (Lipinski definition) is 2. The largest absolute Gasteiger partial charge is 0.350 e. The Morgan fingerprint density at radius 3 is 3.12 bits per heavy atom. The van der Waals surface area contributed by atoms with E-state index in [2.05, 4.69) is 22.4 Å². The molecule has 1 aromatic rings. The maximum atomic E-state index is 11.9. The number of nitrogens with zero attached hydrogens (tertiary/aromatic N) is 1. The molecule has 2 N–H and O–H groups in total. The molecule has 0 fully saturated rings. The predicted molar refractivity (Wildman–Crippen MR) is 70.6 cm³/mol. The Bertz CT molecular complexity index is 389. The number of fused-ring (bicyclic) bond motifs is 1. The van der Waals surface area contributed by atoms with Gasteiger partial charge in [-0.05, 0) is 31.4 Å². The normalized spacial score (nSPS) is 14.4. The highest BCUT2D eigenvalue weighted by Crippen LogP contribution is 2.21. The van der Waals surface area contributed by atoms with E-state index in [-0.39, 0.29) is 5.91 Å². The van der Waals surface area contributed by atoms with E-state index in [1.54, 1.807) is 0 Å². The monoisotopic (exact) mass is 253 g/mol. The summed E-state index contributed by atoms with van der Waals surface area (Å²) in [5.74, 6) is 2.03. The summed E-state index contributed by atoms with van der Waals surface area (Å²) in [4.78, 5) is 11.9. The van der Waals surface area contributed by atoms with Crippen molar-refractivity contribution < 1.29 is 4.79 Å². The Morgan fingerprint density at radius 2 is 2.29 bits per heavy atom. The van der Waals surface area contributed by atoms with Crippen LogP contribution in [0.3, 0.4) is 0 Å². The zero-order valence-electron chi connectivity index (χ0n) is 10.2. The van der Waals surface area contributed by atoms with Crippen LogP contribution in [-0.2, 0) is 12.8 Å². The molecule has 1 aliphatic rings. The van der Waals surface area contributed by atoms with Gasteiger partial charge in [0.1, 0.15) is 0 Å². The van der Waals surface area contributed by atoms with Crippen LogP contribution in [0.5, 0.6) is 0 Å². The van der Waals surface area contributed by atoms with E-state index < -0.39 is 0 Å². The first-order valence-corrected chi connectivity index (χ1v) is 7.40. The number of amides is 1. The van der Waals surface area contributed by atoms with Crippen molar-refractivity contribution in [3.8, 4) is 0 Å². The fraction of sp³-hybridized carbons (Fsp3) is 0.667. The van der Waals surface area contributed by atoms with Crippen molar-refractivity contribution in [2.24, 2.45) is 0 Å². The minimum absolute atomic E-state index is 0.0268. The molecule has 17 heavy (non-hydrogen) atoms. The number of carbonyl (C=O) groups is 1. The van der Waals surface area contributed by atoms with Gasteiger partial charge in [0.25, 0.3) is 5.91 Å². The van der Waals surface area contributed by atoms with E-state index >= 15 is 0 Å². The molecule has 0 saturated carbocycles. The molecule has 1 amide bonds. The third kappa shape index (κ3) is 3.03. The standard InChI is InChI=1S/C12H19N3OS/c1-2-17-8-7-13-12(16)11-9-5-3-4-6-10(9)14-15-11/h2-8H2,1H3,(H,13,16)(H,14,15). The number of aromatic nitrogens is 2. The molecule has 0 spiro atoms. The molecule has 4 nitrogen and oxygen atoms in total. The van der Waals surface area contributed by atoms with Crippen molar-refractivity contribution in [1.29, 1.82) is 0 Å². The topological polar surface area (TPSA) is 57.8 Å². The van der Waals surface area contributed by atoms with Gasteiger partial charge in [0.15, 0.2) is 5.69 Å². The highest BCUT2D eigenvalue weighted by molar-refractivity contribution is 7.99. The Hall–Kier alpha value is -0.970. The number of hydrogen-bond acceptors (Lipinski definition) is 3. The van der Waals surface area contributed by atoms with Crippen LogP contribution in [-0.4, -0.2) is 34.2 Å². The lowest BCUT2D eigenvalue weighted by Crippen LogP contribution is -2.27. The van der Waals surface area contributed by atoms with Crippen molar-refractivity contribution in [3.05, 3.63) is 17.0 Å². The summed E-state index contributed by atoms with van der Waals surface area (Å²) in [6.07, 6.45) is 4.38. The summed E-state index contributed by atoms with van der Waals surface area (Å²) < 4.78 is 0. The summed E-state index contributed by atoms with van der Waals surface area (Å²) in [5, 5.41) is 10.1. The number of nitrogens with one attached hydrogen (secondary N) is 2. The van der Waals surface area contributed by atoms with Crippen molar-refractivity contribution in [2.75, 3.05) is 18.1 Å². The predicted octanol–water partition coefficient (Wildman–Crippen LogP) is 1.77. The molecule has 2 rings (SSSR count). The Morgan fingerprint density at radius 1 is 1.47 bits per heavy atom. The van der Waals surface area contributed by atoms with Crippen molar-refractivity contribution in [3.63, 3.8) is 0 Å². The van der Waals surface area contributed by atoms with Crippen LogP contribution in [0.4, 0.5) is 0 Å². The number of thioether (sulfide) groups is 1. The second-order valence-electron chi connectivity index (χ2n) is 4.19. The van der Waals surface area contributed by atoms with Crippen LogP contribution in [0.25, 0.3) is 0 Å². The van der Waals surface area contributed by atoms with Crippen LogP contribution in [0.1, 0.15) is 41.5 Å². The molecular formula is C12H19N3OS. The van der Waals surface area contributed by atoms with E-state index in [1.165, 1.54) is 12.8 Å². The maximum Gasteiger partial charge on any atom is 0.272 e.